The van der Waals surface area contributed by atoms with Gasteiger partial charge in [0.2, 0.25) is 5.91 Å². The Morgan fingerprint density at radius 1 is 1.12 bits per heavy atom. The minimum absolute atomic E-state index is 0.289. The lowest BCUT2D eigenvalue weighted by atomic mass is 9.82. The van der Waals surface area contributed by atoms with Gasteiger partial charge in [0.25, 0.3) is 0 Å². The summed E-state index contributed by atoms with van der Waals surface area (Å²) in [4.78, 5) is 17.4. The lowest BCUT2D eigenvalue weighted by Crippen LogP contribution is -2.46. The van der Waals surface area contributed by atoms with Gasteiger partial charge in [-0.1, -0.05) is 17.7 Å². The summed E-state index contributed by atoms with van der Waals surface area (Å²) < 4.78 is 2.08. The second-order valence-electron chi connectivity index (χ2n) is 9.06. The van der Waals surface area contributed by atoms with Crippen molar-refractivity contribution in [2.24, 2.45) is 5.92 Å². The first-order valence-corrected chi connectivity index (χ1v) is 14.8. The predicted octanol–water partition coefficient (Wildman–Crippen LogP) is 5.81. The van der Waals surface area contributed by atoms with Gasteiger partial charge in [0, 0.05) is 58.5 Å². The summed E-state index contributed by atoms with van der Waals surface area (Å²) in [5.74, 6) is 2.97. The zero-order valence-corrected chi connectivity index (χ0v) is 23.3. The van der Waals surface area contributed by atoms with Crippen LogP contribution < -0.4 is 5.32 Å². The molecule has 0 saturated carbocycles. The van der Waals surface area contributed by atoms with Gasteiger partial charge in [-0.05, 0) is 97.9 Å². The van der Waals surface area contributed by atoms with E-state index in [1.165, 1.54) is 28.0 Å². The van der Waals surface area contributed by atoms with Crippen LogP contribution in [0.2, 0.25) is 5.02 Å². The molecule has 8 heteroatoms. The highest BCUT2D eigenvalue weighted by Gasteiger charge is 2.32. The number of carbonyl (C=O) groups is 1. The maximum absolute atomic E-state index is 13.0. The number of benzene rings is 1. The molecule has 1 aromatic rings. The van der Waals surface area contributed by atoms with Crippen LogP contribution in [0.5, 0.6) is 0 Å². The number of hydrogen-bond donors (Lipinski definition) is 1. The summed E-state index contributed by atoms with van der Waals surface area (Å²) in [5.41, 5.74) is 6.53. The molecule has 2 saturated heterocycles. The van der Waals surface area contributed by atoms with E-state index in [0.717, 1.165) is 77.3 Å². The molecular weight excluding hydrogens is 586 g/mol. The summed E-state index contributed by atoms with van der Waals surface area (Å²) in [6.45, 7) is 4.28. The van der Waals surface area contributed by atoms with E-state index in [1.54, 1.807) is 0 Å². The number of carbonyl (C=O) groups excluding carboxylic acids is 1. The van der Waals surface area contributed by atoms with Crippen molar-refractivity contribution in [3.8, 4) is 0 Å². The van der Waals surface area contributed by atoms with E-state index in [4.69, 9.17) is 11.6 Å². The van der Waals surface area contributed by atoms with Crippen molar-refractivity contribution in [1.29, 1.82) is 0 Å². The fraction of sp³-hybridized carbons (Fsp3) is 0.480. The number of thioether (sulfide) groups is 1. The molecule has 5 rings (SSSR count). The Bertz CT molecular complexity index is 1040. The molecule has 176 valence electrons. The zero-order valence-electron chi connectivity index (χ0n) is 18.5. The molecule has 0 radical (unpaired) electrons. The quantitative estimate of drug-likeness (QED) is 0.467. The van der Waals surface area contributed by atoms with Crippen LogP contribution in [0.3, 0.4) is 0 Å². The fourth-order valence-electron chi connectivity index (χ4n) is 5.34. The summed E-state index contributed by atoms with van der Waals surface area (Å²) >= 11 is 15.9. The smallest absolute Gasteiger partial charge is 0.236 e. The number of amides is 1. The molecule has 33 heavy (non-hydrogen) atoms. The van der Waals surface area contributed by atoms with Gasteiger partial charge in [-0.25, -0.2) is 0 Å². The highest BCUT2D eigenvalue weighted by Crippen LogP contribution is 2.45. The number of nitrogens with zero attached hydrogens (tertiary/aromatic N) is 2. The van der Waals surface area contributed by atoms with Crippen LogP contribution in [0.25, 0.3) is 5.57 Å². The molecule has 4 aliphatic rings. The van der Waals surface area contributed by atoms with Crippen molar-refractivity contribution in [2.45, 2.75) is 25.7 Å². The predicted molar refractivity (Wildman–Crippen MR) is 146 cm³/mol. The van der Waals surface area contributed by atoms with Gasteiger partial charge in [0.05, 0.1) is 11.6 Å². The maximum Gasteiger partial charge on any atom is 0.236 e. The van der Waals surface area contributed by atoms with E-state index in [9.17, 15) is 4.79 Å². The van der Waals surface area contributed by atoms with Crippen molar-refractivity contribution in [3.63, 3.8) is 0 Å². The SMILES string of the molecule is O=C(CN1CCSCC1)N1CCC(C2=C3NC=C(Br)C=C3CCc3c2ccc(Cl)c3Br)CC1. The van der Waals surface area contributed by atoms with Gasteiger partial charge in [-0.3, -0.25) is 9.69 Å². The van der Waals surface area contributed by atoms with Crippen LogP contribution in [0.15, 0.2) is 44.6 Å². The van der Waals surface area contributed by atoms with Crippen LogP contribution in [-0.2, 0) is 11.2 Å². The average Bonchev–Trinajstić information content (AvgIpc) is 2.99. The number of likely N-dealkylation sites (tertiary alicyclic amines) is 1. The second kappa shape index (κ2) is 10.5. The molecule has 3 heterocycles. The van der Waals surface area contributed by atoms with Gasteiger partial charge in [0.1, 0.15) is 0 Å². The van der Waals surface area contributed by atoms with Crippen LogP contribution in [0.4, 0.5) is 0 Å². The minimum Gasteiger partial charge on any atom is -0.360 e. The van der Waals surface area contributed by atoms with E-state index >= 15 is 0 Å². The lowest BCUT2D eigenvalue weighted by Gasteiger charge is -2.36. The number of halogens is 3. The lowest BCUT2D eigenvalue weighted by molar-refractivity contribution is -0.133. The fourth-order valence-corrected chi connectivity index (χ4v) is 7.43. The van der Waals surface area contributed by atoms with E-state index in [1.807, 2.05) is 24.0 Å². The third kappa shape index (κ3) is 5.13. The molecule has 4 nitrogen and oxygen atoms in total. The Labute approximate surface area is 222 Å². The second-order valence-corrected chi connectivity index (χ2v) is 12.4. The number of fused-ring (bicyclic) bond motifs is 2. The largest absolute Gasteiger partial charge is 0.360 e. The summed E-state index contributed by atoms with van der Waals surface area (Å²) in [5, 5.41) is 4.35. The first-order valence-electron chi connectivity index (χ1n) is 11.6. The van der Waals surface area contributed by atoms with Gasteiger partial charge in [-0.15, -0.1) is 0 Å². The molecular formula is C25H28Br2ClN3OS. The monoisotopic (exact) mass is 611 g/mol. The molecule has 3 aliphatic heterocycles. The van der Waals surface area contributed by atoms with Gasteiger partial charge in [-0.2, -0.15) is 11.8 Å². The van der Waals surface area contributed by atoms with E-state index in [2.05, 4.69) is 59.1 Å². The third-order valence-electron chi connectivity index (χ3n) is 7.11. The van der Waals surface area contributed by atoms with Gasteiger partial charge >= 0.3 is 0 Å². The third-order valence-corrected chi connectivity index (χ3v) is 9.96. The van der Waals surface area contributed by atoms with Crippen molar-refractivity contribution in [1.82, 2.24) is 15.1 Å². The Balaban J connectivity index is 1.39. The number of dihydropyridines is 1. The highest BCUT2D eigenvalue weighted by molar-refractivity contribution is 9.12. The van der Waals surface area contributed by atoms with Crippen LogP contribution in [0, 0.1) is 5.92 Å². The first kappa shape index (κ1) is 24.0. The zero-order chi connectivity index (χ0) is 22.9. The number of hydrogen-bond acceptors (Lipinski definition) is 4. The molecule has 0 unspecified atom stereocenters. The van der Waals surface area contributed by atoms with Crippen LogP contribution in [-0.4, -0.2) is 59.9 Å². The maximum atomic E-state index is 13.0. The molecule has 0 aromatic heterocycles. The highest BCUT2D eigenvalue weighted by atomic mass is 79.9. The molecule has 0 atom stereocenters. The molecule has 1 aromatic carbocycles. The van der Waals surface area contributed by atoms with Gasteiger partial charge < -0.3 is 10.2 Å². The Hall–Kier alpha value is -0.730. The van der Waals surface area contributed by atoms with Crippen molar-refractivity contribution >= 4 is 66.7 Å². The number of piperidine rings is 1. The van der Waals surface area contributed by atoms with Crippen LogP contribution >= 0.6 is 55.2 Å². The Morgan fingerprint density at radius 3 is 2.64 bits per heavy atom. The van der Waals surface area contributed by atoms with Gasteiger partial charge in [0.15, 0.2) is 0 Å². The normalized spacial score (nSPS) is 22.1. The van der Waals surface area contributed by atoms with Crippen molar-refractivity contribution in [3.05, 3.63) is 60.8 Å². The van der Waals surface area contributed by atoms with E-state index in [0.29, 0.717) is 12.5 Å². The number of rotatable bonds is 3. The minimum atomic E-state index is 0.289. The van der Waals surface area contributed by atoms with Crippen molar-refractivity contribution in [2.75, 3.05) is 44.2 Å². The summed E-state index contributed by atoms with van der Waals surface area (Å²) in [7, 11) is 0. The molecule has 0 bridgehead atoms. The average molecular weight is 614 g/mol. The first-order chi connectivity index (χ1) is 16.0. The number of nitrogens with one attached hydrogen (secondary N) is 1. The molecule has 0 spiro atoms. The molecule has 2 fully saturated rings. The summed E-state index contributed by atoms with van der Waals surface area (Å²) in [6.07, 6.45) is 8.15. The topological polar surface area (TPSA) is 35.6 Å². The van der Waals surface area contributed by atoms with E-state index < -0.39 is 0 Å². The van der Waals surface area contributed by atoms with Crippen LogP contribution in [0.1, 0.15) is 30.4 Å². The molecule has 1 aliphatic carbocycles. The standard InChI is InChI=1S/C25H28Br2ClN3OS/c26-18-13-17-1-2-20-19(3-4-21(28)24(20)27)23(25(17)29-14-18)16-5-7-31(8-6-16)22(32)15-30-9-11-33-12-10-30/h3-4,13-14,16,29H,1-2,5-12,15H2. The van der Waals surface area contributed by atoms with Crippen molar-refractivity contribution < 1.29 is 4.79 Å². The Kier molecular flexibility index (Phi) is 7.62. The Morgan fingerprint density at radius 2 is 1.88 bits per heavy atom. The number of allylic oxidation sites excluding steroid dienone is 4. The van der Waals surface area contributed by atoms with E-state index in [-0.39, 0.29) is 5.91 Å². The molecule has 1 N–H and O–H groups in total. The molecule has 1 amide bonds. The summed E-state index contributed by atoms with van der Waals surface area (Å²) in [6, 6.07) is 4.19.